The molecule has 0 aromatic carbocycles. The van der Waals surface area contributed by atoms with Crippen LogP contribution in [0.4, 0.5) is 19.8 Å². The first-order valence-electron chi connectivity index (χ1n) is 11.8. The number of anilines is 1. The molecule has 3 heterocycles. The molecule has 3 rings (SSSR count). The van der Waals surface area contributed by atoms with E-state index >= 15 is 4.39 Å². The Morgan fingerprint density at radius 1 is 0.921 bits per heavy atom. The van der Waals surface area contributed by atoms with Gasteiger partial charge in [0.15, 0.2) is 17.4 Å². The van der Waals surface area contributed by atoms with Crippen LogP contribution in [0, 0.1) is 12.7 Å². The highest BCUT2D eigenvalue weighted by molar-refractivity contribution is 6.30. The van der Waals surface area contributed by atoms with Gasteiger partial charge in [-0.2, -0.15) is 4.90 Å². The molecule has 11 heteroatoms. The van der Waals surface area contributed by atoms with Gasteiger partial charge in [0.05, 0.1) is 11.2 Å². The van der Waals surface area contributed by atoms with Crippen LogP contribution >= 0.6 is 11.6 Å². The summed E-state index contributed by atoms with van der Waals surface area (Å²) in [5, 5.41) is 0.469. The third-order valence-electron chi connectivity index (χ3n) is 4.88. The predicted octanol–water partition coefficient (Wildman–Crippen LogP) is 7.03. The van der Waals surface area contributed by atoms with Crippen LogP contribution < -0.4 is 9.64 Å². The number of carbonyl (C=O) groups excluding carboxylic acids is 2. The normalized spacial score (nSPS) is 11.6. The topological polar surface area (TPSA) is 104 Å². The Bertz CT molecular complexity index is 1290. The van der Waals surface area contributed by atoms with Crippen molar-refractivity contribution in [1.82, 2.24) is 15.0 Å². The van der Waals surface area contributed by atoms with Gasteiger partial charge in [-0.05, 0) is 77.3 Å². The molecule has 0 aliphatic carbocycles. The van der Waals surface area contributed by atoms with Crippen LogP contribution in [0.25, 0.3) is 0 Å². The summed E-state index contributed by atoms with van der Waals surface area (Å²) in [6, 6.07) is 4.71. The van der Waals surface area contributed by atoms with Gasteiger partial charge in [0.2, 0.25) is 5.88 Å². The van der Waals surface area contributed by atoms with E-state index < -0.39 is 35.0 Å². The minimum Gasteiger partial charge on any atom is -0.443 e. The summed E-state index contributed by atoms with van der Waals surface area (Å²) in [5.41, 5.74) is -0.390. The standard InChI is InChI=1S/C27H30ClFN4O5/c1-16-18(13-30-15-20(16)36-21-9-8-19(28)14-32-21)12-17-10-11-31-23(22(17)29)33(24(34)37-26(2,3)4)25(35)38-27(5,6)7/h8-11,13-15H,12H2,1-7H3. The first-order chi connectivity index (χ1) is 17.6. The van der Waals surface area contributed by atoms with Gasteiger partial charge >= 0.3 is 12.2 Å². The molecular weight excluding hydrogens is 515 g/mol. The summed E-state index contributed by atoms with van der Waals surface area (Å²) < 4.78 is 32.3. The molecule has 202 valence electrons. The van der Waals surface area contributed by atoms with E-state index in [9.17, 15) is 9.59 Å². The number of hydrogen-bond acceptors (Lipinski definition) is 8. The summed E-state index contributed by atoms with van der Waals surface area (Å²) in [7, 11) is 0. The molecule has 0 atom stereocenters. The second kappa shape index (κ2) is 11.3. The van der Waals surface area contributed by atoms with Crippen molar-refractivity contribution in [3.05, 3.63) is 70.5 Å². The quantitative estimate of drug-likeness (QED) is 0.337. The fourth-order valence-corrected chi connectivity index (χ4v) is 3.31. The lowest BCUT2D eigenvalue weighted by molar-refractivity contribution is 0.0427. The molecule has 38 heavy (non-hydrogen) atoms. The zero-order valence-corrected chi connectivity index (χ0v) is 23.1. The molecule has 3 aromatic heterocycles. The molecule has 0 bridgehead atoms. The molecule has 0 aliphatic rings. The SMILES string of the molecule is Cc1c(Cc2ccnc(N(C(=O)OC(C)(C)C)C(=O)OC(C)(C)C)c2F)cncc1Oc1ccc(Cl)cn1. The van der Waals surface area contributed by atoms with E-state index in [0.717, 1.165) is 0 Å². The monoisotopic (exact) mass is 544 g/mol. The molecule has 0 radical (unpaired) electrons. The van der Waals surface area contributed by atoms with E-state index in [0.29, 0.717) is 32.7 Å². The van der Waals surface area contributed by atoms with Gasteiger partial charge < -0.3 is 14.2 Å². The summed E-state index contributed by atoms with van der Waals surface area (Å²) in [6.45, 7) is 11.6. The van der Waals surface area contributed by atoms with Gasteiger partial charge in [0.25, 0.3) is 0 Å². The number of amides is 2. The third kappa shape index (κ3) is 7.61. The Kier molecular flexibility index (Phi) is 8.56. The minimum absolute atomic E-state index is 0.0713. The van der Waals surface area contributed by atoms with Crippen LogP contribution in [-0.4, -0.2) is 38.3 Å². The van der Waals surface area contributed by atoms with Crippen LogP contribution in [0.3, 0.4) is 0 Å². The molecule has 0 fully saturated rings. The highest BCUT2D eigenvalue weighted by Gasteiger charge is 2.36. The van der Waals surface area contributed by atoms with Crippen LogP contribution in [0.15, 0.2) is 43.0 Å². The number of nitrogens with zero attached hydrogens (tertiary/aromatic N) is 4. The first kappa shape index (κ1) is 28.8. The maximum atomic E-state index is 15.8. The van der Waals surface area contributed by atoms with Crippen LogP contribution in [0.2, 0.25) is 5.02 Å². The van der Waals surface area contributed by atoms with E-state index in [4.69, 9.17) is 25.8 Å². The number of pyridine rings is 3. The Hall–Kier alpha value is -3.79. The van der Waals surface area contributed by atoms with Crippen molar-refractivity contribution in [3.63, 3.8) is 0 Å². The zero-order valence-electron chi connectivity index (χ0n) is 22.3. The lowest BCUT2D eigenvalue weighted by atomic mass is 10.0. The summed E-state index contributed by atoms with van der Waals surface area (Å²) in [5.74, 6) is -0.668. The molecule has 0 aliphatic heterocycles. The van der Waals surface area contributed by atoms with Crippen molar-refractivity contribution in [1.29, 1.82) is 0 Å². The lowest BCUT2D eigenvalue weighted by Gasteiger charge is -2.28. The van der Waals surface area contributed by atoms with Crippen molar-refractivity contribution in [3.8, 4) is 11.6 Å². The number of hydrogen-bond donors (Lipinski definition) is 0. The van der Waals surface area contributed by atoms with Crippen molar-refractivity contribution < 1.29 is 28.2 Å². The Morgan fingerprint density at radius 2 is 1.55 bits per heavy atom. The first-order valence-corrected chi connectivity index (χ1v) is 12.1. The number of imide groups is 1. The minimum atomic E-state index is -1.11. The van der Waals surface area contributed by atoms with Gasteiger partial charge in [-0.1, -0.05) is 11.6 Å². The third-order valence-corrected chi connectivity index (χ3v) is 5.11. The molecule has 0 spiro atoms. The van der Waals surface area contributed by atoms with E-state index in [1.54, 1.807) is 66.8 Å². The van der Waals surface area contributed by atoms with Gasteiger partial charge in [-0.3, -0.25) is 4.98 Å². The second-order valence-electron chi connectivity index (χ2n) is 10.4. The average Bonchev–Trinajstić information content (AvgIpc) is 2.78. The van der Waals surface area contributed by atoms with Crippen molar-refractivity contribution in [2.75, 3.05) is 4.90 Å². The summed E-state index contributed by atoms with van der Waals surface area (Å²) in [4.78, 5) is 38.7. The van der Waals surface area contributed by atoms with E-state index in [1.807, 2.05) is 0 Å². The number of aromatic nitrogens is 3. The highest BCUT2D eigenvalue weighted by atomic mass is 35.5. The predicted molar refractivity (Wildman–Crippen MR) is 140 cm³/mol. The van der Waals surface area contributed by atoms with E-state index in [-0.39, 0.29) is 12.0 Å². The summed E-state index contributed by atoms with van der Waals surface area (Å²) >= 11 is 5.88. The fourth-order valence-electron chi connectivity index (χ4n) is 3.19. The molecule has 0 saturated heterocycles. The molecule has 9 nitrogen and oxygen atoms in total. The van der Waals surface area contributed by atoms with Crippen LogP contribution in [-0.2, 0) is 15.9 Å². The molecule has 3 aromatic rings. The Balaban J connectivity index is 1.96. The fraction of sp³-hybridized carbons (Fsp3) is 0.370. The molecule has 0 unspecified atom stereocenters. The maximum Gasteiger partial charge on any atom is 0.425 e. The number of halogens is 2. The molecule has 0 N–H and O–H groups in total. The van der Waals surface area contributed by atoms with Gasteiger partial charge in [-0.25, -0.2) is 23.9 Å². The highest BCUT2D eigenvalue weighted by Crippen LogP contribution is 2.30. The molecule has 0 saturated carbocycles. The van der Waals surface area contributed by atoms with Crippen molar-refractivity contribution in [2.24, 2.45) is 0 Å². The van der Waals surface area contributed by atoms with E-state index in [1.165, 1.54) is 24.7 Å². The number of ether oxygens (including phenoxy) is 3. The zero-order chi connectivity index (χ0) is 28.3. The average molecular weight is 545 g/mol. The number of rotatable bonds is 5. The van der Waals surface area contributed by atoms with Gasteiger partial charge in [-0.15, -0.1) is 0 Å². The van der Waals surface area contributed by atoms with Crippen LogP contribution in [0.5, 0.6) is 11.6 Å². The van der Waals surface area contributed by atoms with E-state index in [2.05, 4.69) is 15.0 Å². The van der Waals surface area contributed by atoms with Crippen LogP contribution in [0.1, 0.15) is 58.2 Å². The maximum absolute atomic E-state index is 15.8. The number of carbonyl (C=O) groups is 2. The van der Waals surface area contributed by atoms with Gasteiger partial charge in [0, 0.05) is 31.1 Å². The van der Waals surface area contributed by atoms with Crippen molar-refractivity contribution >= 4 is 29.6 Å². The van der Waals surface area contributed by atoms with Crippen molar-refractivity contribution in [2.45, 2.75) is 66.1 Å². The van der Waals surface area contributed by atoms with Gasteiger partial charge in [0.1, 0.15) is 11.2 Å². The Labute approximate surface area is 225 Å². The summed E-state index contributed by atoms with van der Waals surface area (Å²) in [6.07, 6.45) is 3.71. The lowest BCUT2D eigenvalue weighted by Crippen LogP contribution is -2.44. The Morgan fingerprint density at radius 3 is 2.11 bits per heavy atom. The largest absolute Gasteiger partial charge is 0.443 e. The molecular formula is C27H30ClFN4O5. The smallest absolute Gasteiger partial charge is 0.425 e. The molecule has 2 amide bonds. The second-order valence-corrected chi connectivity index (χ2v) is 10.9.